The van der Waals surface area contributed by atoms with Crippen molar-refractivity contribution in [2.24, 2.45) is 0 Å². The van der Waals surface area contributed by atoms with Crippen molar-refractivity contribution in [1.82, 2.24) is 0 Å². The number of rotatable bonds is 14. The number of para-hydroxylation sites is 1. The molecule has 1 atom stereocenters. The van der Waals surface area contributed by atoms with Crippen LogP contribution in [0.1, 0.15) is 77.0 Å². The lowest BCUT2D eigenvalue weighted by molar-refractivity contribution is -0.438. The summed E-state index contributed by atoms with van der Waals surface area (Å²) in [6, 6.07) is 30.7. The normalized spacial score (nSPS) is 20.1. The molecule has 4 aromatic rings. The molecule has 9 nitrogen and oxygen atoms in total. The smallest absolute Gasteiger partial charge is 0.265 e. The van der Waals surface area contributed by atoms with Crippen molar-refractivity contribution in [3.63, 3.8) is 0 Å². The molecule has 2 heterocycles. The van der Waals surface area contributed by atoms with Crippen molar-refractivity contribution in [3.8, 4) is 0 Å². The molecular weight excluding hydrogens is 838 g/mol. The van der Waals surface area contributed by atoms with E-state index in [1.807, 2.05) is 54.6 Å². The molecule has 0 saturated carbocycles. The zero-order valence-corrected chi connectivity index (χ0v) is 37.8. The third-order valence-corrected chi connectivity index (χ3v) is 14.4. The molecule has 13 heteroatoms. The third kappa shape index (κ3) is 9.03. The van der Waals surface area contributed by atoms with Gasteiger partial charge in [0, 0.05) is 75.4 Å². The van der Waals surface area contributed by atoms with E-state index in [1.165, 1.54) is 11.1 Å². The first-order valence-corrected chi connectivity index (χ1v) is 24.2. The summed E-state index contributed by atoms with van der Waals surface area (Å²) in [5, 5.41) is 1.26. The van der Waals surface area contributed by atoms with E-state index in [4.69, 9.17) is 23.2 Å². The third-order valence-electron chi connectivity index (χ3n) is 12.4. The molecule has 2 aliphatic heterocycles. The Hall–Kier alpha value is -4.23. The van der Waals surface area contributed by atoms with Gasteiger partial charge in [0.15, 0.2) is 5.71 Å². The van der Waals surface area contributed by atoms with Crippen LogP contribution in [0.2, 0.25) is 10.0 Å². The van der Waals surface area contributed by atoms with Crippen molar-refractivity contribution in [2.45, 2.75) is 77.6 Å². The van der Waals surface area contributed by atoms with E-state index in [2.05, 4.69) is 97.5 Å². The van der Waals surface area contributed by atoms with Crippen LogP contribution in [0.25, 0.3) is 0 Å². The standard InChI is InChI=1S/C47H51Cl2N3O6S2/c1-32-16-17-35(18-23-44-46(3,4)40-29-36(48)19-21-42(40)51(44)25-11-27-60(56,57)58)45(32)52(38-13-7-6-8-14-38)39-15-9-12-34(28-39)31-47(5)33(2)50(24-10-26-59(53,54)55)43-22-20-37(49)30-41(43)47/h6-9,12-15,18-23,28-30H,10-11,16-17,24-27,31H2,1-5H3,(H-,53,54,55,56,57,58)/p+1/b35-18+,44-23+. The summed E-state index contributed by atoms with van der Waals surface area (Å²) < 4.78 is 67.7. The maximum absolute atomic E-state index is 11.7. The van der Waals surface area contributed by atoms with E-state index in [0.717, 1.165) is 69.4 Å². The van der Waals surface area contributed by atoms with Gasteiger partial charge in [-0.15, -0.1) is 0 Å². The number of halogens is 2. The Morgan fingerprint density at radius 1 is 0.767 bits per heavy atom. The minimum absolute atomic E-state index is 0.258. The van der Waals surface area contributed by atoms with Gasteiger partial charge in [-0.3, -0.25) is 9.11 Å². The quantitative estimate of drug-likeness (QED) is 0.0949. The average Bonchev–Trinajstić information content (AvgIpc) is 3.70. The van der Waals surface area contributed by atoms with Crippen molar-refractivity contribution >= 4 is 71.9 Å². The van der Waals surface area contributed by atoms with Crippen molar-refractivity contribution in [3.05, 3.63) is 152 Å². The van der Waals surface area contributed by atoms with Gasteiger partial charge in [-0.2, -0.15) is 21.4 Å². The summed E-state index contributed by atoms with van der Waals surface area (Å²) in [5.41, 5.74) is 12.0. The summed E-state index contributed by atoms with van der Waals surface area (Å²) in [6.45, 7) is 11.7. The molecule has 1 aliphatic carbocycles. The van der Waals surface area contributed by atoms with Crippen LogP contribution >= 0.6 is 23.2 Å². The summed E-state index contributed by atoms with van der Waals surface area (Å²) in [7, 11) is -8.20. The Morgan fingerprint density at radius 3 is 2.12 bits per heavy atom. The first kappa shape index (κ1) is 43.8. The van der Waals surface area contributed by atoms with Gasteiger partial charge in [-0.05, 0) is 122 Å². The number of allylic oxidation sites excluding steroid dienone is 5. The van der Waals surface area contributed by atoms with Crippen molar-refractivity contribution in [1.29, 1.82) is 0 Å². The summed E-state index contributed by atoms with van der Waals surface area (Å²) in [5.74, 6) is -0.642. The van der Waals surface area contributed by atoms with Crippen LogP contribution in [0.4, 0.5) is 22.7 Å². The topological polar surface area (TPSA) is 118 Å². The highest BCUT2D eigenvalue weighted by atomic mass is 35.5. The van der Waals surface area contributed by atoms with Crippen LogP contribution in [-0.2, 0) is 37.5 Å². The monoisotopic (exact) mass is 888 g/mol. The van der Waals surface area contributed by atoms with Gasteiger partial charge in [0.1, 0.15) is 6.54 Å². The largest absolute Gasteiger partial charge is 0.344 e. The molecule has 0 fully saturated rings. The van der Waals surface area contributed by atoms with Gasteiger partial charge in [0.2, 0.25) is 5.69 Å². The Balaban J connectivity index is 1.27. The molecule has 0 radical (unpaired) electrons. The van der Waals surface area contributed by atoms with Crippen molar-refractivity contribution < 1.29 is 30.5 Å². The molecule has 0 amide bonds. The van der Waals surface area contributed by atoms with E-state index in [0.29, 0.717) is 29.6 Å². The van der Waals surface area contributed by atoms with Gasteiger partial charge >= 0.3 is 0 Å². The molecule has 4 aromatic carbocycles. The Bertz CT molecular complexity index is 2690. The second-order valence-electron chi connectivity index (χ2n) is 16.8. The fraction of sp³-hybridized carbons (Fsp3) is 0.340. The lowest BCUT2D eigenvalue weighted by Crippen LogP contribution is -2.33. The molecule has 0 saturated heterocycles. The summed E-state index contributed by atoms with van der Waals surface area (Å²) >= 11 is 13.1. The zero-order valence-electron chi connectivity index (χ0n) is 34.6. The van der Waals surface area contributed by atoms with Gasteiger partial charge in [0.05, 0.1) is 16.9 Å². The SMILES string of the molecule is CC1=C(N(c2ccccc2)c2cccc(CC3(C)C(C)=[N+](CCCS(=O)(=O)O)c4ccc(Cl)cc43)c2)/C(=C/C=C2/N(CCCS(=O)(=O)O)c3ccc(Cl)cc3C2(C)C)CC1. The molecule has 0 bridgehead atoms. The second-order valence-corrected chi connectivity index (χ2v) is 20.9. The van der Waals surface area contributed by atoms with Crippen LogP contribution < -0.4 is 9.80 Å². The maximum atomic E-state index is 11.7. The molecule has 316 valence electrons. The molecule has 7 rings (SSSR count). The minimum atomic E-state index is -4.11. The molecule has 0 aromatic heterocycles. The van der Waals surface area contributed by atoms with Gasteiger partial charge in [0.25, 0.3) is 20.2 Å². The van der Waals surface area contributed by atoms with Gasteiger partial charge in [-0.25, -0.2) is 0 Å². The fourth-order valence-corrected chi connectivity index (χ4v) is 10.6. The van der Waals surface area contributed by atoms with Crippen LogP contribution in [0, 0.1) is 0 Å². The molecule has 60 heavy (non-hydrogen) atoms. The highest BCUT2D eigenvalue weighted by Gasteiger charge is 2.47. The molecule has 0 spiro atoms. The Labute approximate surface area is 364 Å². The Kier molecular flexibility index (Phi) is 12.4. The maximum Gasteiger partial charge on any atom is 0.265 e. The minimum Gasteiger partial charge on any atom is -0.344 e. The lowest BCUT2D eigenvalue weighted by atomic mass is 9.75. The lowest BCUT2D eigenvalue weighted by Gasteiger charge is -2.30. The fourth-order valence-electron chi connectivity index (χ4n) is 9.28. The summed E-state index contributed by atoms with van der Waals surface area (Å²) in [4.78, 5) is 4.50. The highest BCUT2D eigenvalue weighted by molar-refractivity contribution is 7.86. The summed E-state index contributed by atoms with van der Waals surface area (Å²) in [6.07, 6.45) is 7.31. The second kappa shape index (κ2) is 16.9. The average molecular weight is 890 g/mol. The predicted octanol–water partition coefficient (Wildman–Crippen LogP) is 11.0. The van der Waals surface area contributed by atoms with E-state index < -0.39 is 31.1 Å². The van der Waals surface area contributed by atoms with E-state index in [-0.39, 0.29) is 24.3 Å². The molecule has 1 unspecified atom stereocenters. The molecule has 2 N–H and O–H groups in total. The number of nitrogens with zero attached hydrogens (tertiary/aromatic N) is 3. The van der Waals surface area contributed by atoms with E-state index in [9.17, 15) is 25.9 Å². The van der Waals surface area contributed by atoms with Crippen LogP contribution in [0.15, 0.2) is 126 Å². The van der Waals surface area contributed by atoms with Crippen LogP contribution in [0.5, 0.6) is 0 Å². The van der Waals surface area contributed by atoms with Gasteiger partial charge in [-0.1, -0.05) is 73.5 Å². The number of fused-ring (bicyclic) bond motifs is 2. The number of anilines is 3. The van der Waals surface area contributed by atoms with Crippen molar-refractivity contribution in [2.75, 3.05) is 34.4 Å². The molecule has 3 aliphatic rings. The Morgan fingerprint density at radius 2 is 1.42 bits per heavy atom. The number of hydrogen-bond donors (Lipinski definition) is 2. The highest BCUT2D eigenvalue weighted by Crippen LogP contribution is 2.50. The number of hydrogen-bond acceptors (Lipinski definition) is 6. The van der Waals surface area contributed by atoms with E-state index in [1.54, 1.807) is 0 Å². The van der Waals surface area contributed by atoms with Crippen LogP contribution in [0.3, 0.4) is 0 Å². The van der Waals surface area contributed by atoms with Gasteiger partial charge < -0.3 is 9.80 Å². The zero-order chi connectivity index (χ0) is 43.2. The first-order chi connectivity index (χ1) is 28.3. The number of benzene rings is 4. The molecular formula is C47H52Cl2N3O6S2+. The van der Waals surface area contributed by atoms with Crippen LogP contribution in [-0.4, -0.2) is 60.8 Å². The predicted molar refractivity (Wildman–Crippen MR) is 245 cm³/mol. The van der Waals surface area contributed by atoms with E-state index >= 15 is 0 Å². The first-order valence-electron chi connectivity index (χ1n) is 20.2.